The second kappa shape index (κ2) is 30.3. The summed E-state index contributed by atoms with van der Waals surface area (Å²) in [6.07, 6.45) is 24.9. The minimum absolute atomic E-state index is 0. The van der Waals surface area contributed by atoms with E-state index in [0.29, 0.717) is 29.7 Å². The van der Waals surface area contributed by atoms with Crippen LogP contribution in [0.2, 0.25) is 0 Å². The Morgan fingerprint density at radius 2 is 0.885 bits per heavy atom. The number of hydrogen-bond donors (Lipinski definition) is 2. The SMILES string of the molecule is CCCCCCCCCCCCc1cccc(Oc2cccc(O)c2)c1S(=O)(=O)O.CCCCCCCCCCCCc1cccc(Oc2cccc([O-])c2)c1S(=O)(=O)[O-].[Ca+2]. The van der Waals surface area contributed by atoms with Gasteiger partial charge < -0.3 is 24.2 Å². The Morgan fingerprint density at radius 1 is 0.508 bits per heavy atom. The molecule has 0 aliphatic carbocycles. The van der Waals surface area contributed by atoms with E-state index in [0.717, 1.165) is 38.5 Å². The van der Waals surface area contributed by atoms with Crippen LogP contribution in [0.4, 0.5) is 0 Å². The monoisotopic (exact) mass is 906 g/mol. The Bertz CT molecular complexity index is 1910. The summed E-state index contributed by atoms with van der Waals surface area (Å²) in [6.45, 7) is 4.44. The van der Waals surface area contributed by atoms with E-state index in [9.17, 15) is 36.2 Å². The third kappa shape index (κ3) is 21.9. The summed E-state index contributed by atoms with van der Waals surface area (Å²) in [6, 6.07) is 21.6. The quantitative estimate of drug-likeness (QED) is 0.0317. The first-order valence-electron chi connectivity index (χ1n) is 21.9. The fraction of sp³-hybridized carbons (Fsp3) is 0.500. The fourth-order valence-electron chi connectivity index (χ4n) is 7.20. The van der Waals surface area contributed by atoms with Crippen LogP contribution in [0.1, 0.15) is 153 Å². The normalized spacial score (nSPS) is 11.3. The molecule has 13 heteroatoms. The number of phenolic OH excluding ortho intramolecular Hbond substituents is 1. The van der Waals surface area contributed by atoms with Gasteiger partial charge in [-0.3, -0.25) is 4.55 Å². The zero-order valence-corrected chi connectivity index (χ0v) is 40.2. The first kappa shape index (κ1) is 54.3. The minimum Gasteiger partial charge on any atom is -0.872 e. The second-order valence-electron chi connectivity index (χ2n) is 15.5. The molecule has 4 aromatic rings. The molecule has 0 bridgehead atoms. The van der Waals surface area contributed by atoms with Crippen LogP contribution in [0, 0.1) is 0 Å². The zero-order chi connectivity index (χ0) is 43.6. The Labute approximate surface area is 396 Å². The smallest absolute Gasteiger partial charge is 0.872 e. The van der Waals surface area contributed by atoms with Crippen LogP contribution in [-0.2, 0) is 33.1 Å². The molecule has 0 saturated carbocycles. The van der Waals surface area contributed by atoms with Crippen LogP contribution in [0.25, 0.3) is 0 Å². The van der Waals surface area contributed by atoms with Crippen molar-refractivity contribution >= 4 is 58.0 Å². The maximum absolute atomic E-state index is 12.0. The van der Waals surface area contributed by atoms with E-state index in [1.165, 1.54) is 132 Å². The van der Waals surface area contributed by atoms with Gasteiger partial charge in [-0.2, -0.15) is 8.42 Å². The molecule has 61 heavy (non-hydrogen) atoms. The average Bonchev–Trinajstić information content (AvgIpc) is 3.19. The van der Waals surface area contributed by atoms with Crippen molar-refractivity contribution in [1.29, 1.82) is 0 Å². The van der Waals surface area contributed by atoms with E-state index in [2.05, 4.69) is 13.8 Å². The largest absolute Gasteiger partial charge is 2.00 e. The van der Waals surface area contributed by atoms with Crippen molar-refractivity contribution < 1.29 is 45.6 Å². The molecule has 0 amide bonds. The summed E-state index contributed by atoms with van der Waals surface area (Å²) in [5.74, 6) is 0.315. The molecule has 0 aliphatic rings. The Morgan fingerprint density at radius 3 is 1.30 bits per heavy atom. The molecule has 0 unspecified atom stereocenters. The summed E-state index contributed by atoms with van der Waals surface area (Å²) < 4.78 is 80.9. The standard InChI is InChI=1S/2C24H34O5S.Ca/c2*1-2-3-4-5-6-7-8-9-10-11-14-20-15-12-18-23(24(20)30(26,27)28)29-22-17-13-16-21(25)19-22;/h2*12-13,15-19,25H,2-11,14H2,1H3,(H,26,27,28);/q;;+2/p-2. The summed E-state index contributed by atoms with van der Waals surface area (Å²) in [5.41, 5.74) is 1.02. The maximum atomic E-state index is 12.0. The van der Waals surface area contributed by atoms with Crippen LogP contribution in [-0.4, -0.2) is 68.8 Å². The van der Waals surface area contributed by atoms with Crippen molar-refractivity contribution in [2.75, 3.05) is 0 Å². The van der Waals surface area contributed by atoms with Gasteiger partial charge in [-0.05, 0) is 73.2 Å². The zero-order valence-electron chi connectivity index (χ0n) is 36.3. The molecule has 4 rings (SSSR count). The number of hydrogen-bond acceptors (Lipinski definition) is 9. The van der Waals surface area contributed by atoms with Crippen LogP contribution >= 0.6 is 0 Å². The van der Waals surface area contributed by atoms with Gasteiger partial charge in [-0.25, -0.2) is 8.42 Å². The number of aromatic hydroxyl groups is 1. The molecule has 4 aromatic carbocycles. The molecule has 2 N–H and O–H groups in total. The van der Waals surface area contributed by atoms with Gasteiger partial charge in [0, 0.05) is 6.07 Å². The van der Waals surface area contributed by atoms with Gasteiger partial charge in [0.1, 0.15) is 48.7 Å². The van der Waals surface area contributed by atoms with Crippen molar-refractivity contribution in [3.63, 3.8) is 0 Å². The number of rotatable bonds is 28. The molecule has 0 saturated heterocycles. The van der Waals surface area contributed by atoms with Crippen LogP contribution < -0.4 is 14.6 Å². The maximum Gasteiger partial charge on any atom is 2.00 e. The molecule has 0 spiro atoms. The van der Waals surface area contributed by atoms with Gasteiger partial charge in [-0.1, -0.05) is 172 Å². The second-order valence-corrected chi connectivity index (χ2v) is 18.1. The summed E-state index contributed by atoms with van der Waals surface area (Å²) in [5, 5.41) is 21.1. The van der Waals surface area contributed by atoms with Crippen molar-refractivity contribution in [1.82, 2.24) is 0 Å². The third-order valence-corrected chi connectivity index (χ3v) is 12.2. The molecule has 0 aromatic heterocycles. The predicted octanol–water partition coefficient (Wildman–Crippen LogP) is 12.4. The van der Waals surface area contributed by atoms with Gasteiger partial charge >= 0.3 is 37.7 Å². The van der Waals surface area contributed by atoms with Crippen LogP contribution in [0.15, 0.2) is 94.7 Å². The van der Waals surface area contributed by atoms with Gasteiger partial charge in [0.05, 0.1) is 0 Å². The molecule has 0 heterocycles. The van der Waals surface area contributed by atoms with E-state index in [-0.39, 0.29) is 76.3 Å². The van der Waals surface area contributed by atoms with Crippen molar-refractivity contribution in [2.45, 2.75) is 165 Å². The van der Waals surface area contributed by atoms with Gasteiger partial charge in [0.25, 0.3) is 10.1 Å². The summed E-state index contributed by atoms with van der Waals surface area (Å²) in [4.78, 5) is -0.513. The van der Waals surface area contributed by atoms with E-state index in [1.807, 2.05) is 0 Å². The van der Waals surface area contributed by atoms with E-state index in [4.69, 9.17) is 9.47 Å². The topological polar surface area (TPSA) is 173 Å². The number of benzene rings is 4. The first-order valence-corrected chi connectivity index (χ1v) is 24.8. The summed E-state index contributed by atoms with van der Waals surface area (Å²) >= 11 is 0. The summed E-state index contributed by atoms with van der Waals surface area (Å²) in [7, 11) is -9.15. The molecule has 0 aliphatic heterocycles. The van der Waals surface area contributed by atoms with Crippen molar-refractivity contribution in [3.05, 3.63) is 96.1 Å². The van der Waals surface area contributed by atoms with E-state index < -0.39 is 20.2 Å². The average molecular weight is 907 g/mol. The molecular formula is C48H66CaO10S2. The Balaban J connectivity index is 0.000000413. The van der Waals surface area contributed by atoms with Gasteiger partial charge in [-0.15, -0.1) is 5.75 Å². The Kier molecular flexibility index (Phi) is 27.0. The van der Waals surface area contributed by atoms with Crippen molar-refractivity contribution in [2.24, 2.45) is 0 Å². The number of ether oxygens (including phenoxy) is 2. The van der Waals surface area contributed by atoms with Crippen LogP contribution in [0.5, 0.6) is 34.5 Å². The predicted molar refractivity (Wildman–Crippen MR) is 242 cm³/mol. The molecule has 0 atom stereocenters. The van der Waals surface area contributed by atoms with Crippen LogP contribution in [0.3, 0.4) is 0 Å². The van der Waals surface area contributed by atoms with E-state index in [1.54, 1.807) is 42.5 Å². The molecule has 332 valence electrons. The van der Waals surface area contributed by atoms with E-state index >= 15 is 0 Å². The number of aryl methyl sites for hydroxylation is 2. The molecular weight excluding hydrogens is 841 g/mol. The molecule has 0 fully saturated rings. The minimum atomic E-state index is -4.71. The fourth-order valence-corrected chi connectivity index (χ4v) is 8.91. The van der Waals surface area contributed by atoms with Gasteiger partial charge in [0.2, 0.25) is 0 Å². The third-order valence-electron chi connectivity index (χ3n) is 10.3. The van der Waals surface area contributed by atoms with Gasteiger partial charge in [0.15, 0.2) is 0 Å². The first-order chi connectivity index (χ1) is 28.8. The number of phenols is 1. The van der Waals surface area contributed by atoms with Crippen molar-refractivity contribution in [3.8, 4) is 34.5 Å². The Hall–Kier alpha value is -2.84. The molecule has 10 nitrogen and oxygen atoms in total. The number of unbranched alkanes of at least 4 members (excludes halogenated alkanes) is 18. The molecule has 0 radical (unpaired) electrons.